The first-order valence-corrected chi connectivity index (χ1v) is 6.34. The summed E-state index contributed by atoms with van der Waals surface area (Å²) < 4.78 is 4.75. The molecule has 1 aliphatic heterocycles. The fourth-order valence-electron chi connectivity index (χ4n) is 1.98. The second-order valence-corrected chi connectivity index (χ2v) is 4.70. The number of rotatable bonds is 9. The summed E-state index contributed by atoms with van der Waals surface area (Å²) in [7, 11) is 0. The van der Waals surface area contributed by atoms with Crippen LogP contribution < -0.4 is 0 Å². The van der Waals surface area contributed by atoms with Crippen LogP contribution in [0.1, 0.15) is 58.3 Å². The molecule has 4 heteroatoms. The largest absolute Gasteiger partial charge is 0.391 e. The predicted molar refractivity (Wildman–Crippen MR) is 60.7 cm³/mol. The lowest BCUT2D eigenvalue weighted by Gasteiger charge is -2.07. The van der Waals surface area contributed by atoms with E-state index in [1.807, 2.05) is 0 Å². The lowest BCUT2D eigenvalue weighted by molar-refractivity contribution is -0.0245. The van der Waals surface area contributed by atoms with Crippen LogP contribution in [0.3, 0.4) is 0 Å². The molecule has 16 heavy (non-hydrogen) atoms. The molecule has 0 aromatic rings. The number of unbranched alkanes of at least 4 members (excludes halogenated alkanes) is 6. The topological polar surface area (TPSA) is 73.2 Å². The Hall–Kier alpha value is -0.160. The van der Waals surface area contributed by atoms with Gasteiger partial charge in [0.25, 0.3) is 0 Å². The van der Waals surface area contributed by atoms with Crippen LogP contribution in [-0.4, -0.2) is 33.5 Å². The molecule has 1 heterocycles. The van der Waals surface area contributed by atoms with Gasteiger partial charge < -0.3 is 20.1 Å². The van der Waals surface area contributed by atoms with Gasteiger partial charge in [-0.25, -0.2) is 0 Å². The van der Waals surface area contributed by atoms with Gasteiger partial charge in [0.15, 0.2) is 0 Å². The van der Waals surface area contributed by atoms with E-state index < -0.39 is 18.2 Å². The molecule has 0 amide bonds. The molecule has 96 valence electrons. The zero-order valence-corrected chi connectivity index (χ0v) is 10.1. The Balaban J connectivity index is 1.96. The molecule has 0 aromatic heterocycles. The number of hydrogen-bond donors (Lipinski definition) is 3. The molecule has 0 aliphatic carbocycles. The number of hydrogen-bond acceptors (Lipinski definition) is 4. The molecule has 0 aromatic carbocycles. The highest BCUT2D eigenvalue weighted by Gasteiger charge is 2.68. The molecule has 0 saturated carbocycles. The van der Waals surface area contributed by atoms with E-state index in [0.717, 1.165) is 19.3 Å². The van der Waals surface area contributed by atoms with Crippen molar-refractivity contribution in [2.75, 3.05) is 6.61 Å². The van der Waals surface area contributed by atoms with E-state index in [0.29, 0.717) is 6.42 Å². The summed E-state index contributed by atoms with van der Waals surface area (Å²) in [5, 5.41) is 27.8. The minimum absolute atomic E-state index is 0.401. The molecule has 1 saturated heterocycles. The molecule has 2 atom stereocenters. The molecule has 3 N–H and O–H groups in total. The summed E-state index contributed by atoms with van der Waals surface area (Å²) in [6, 6.07) is 0. The third-order valence-corrected chi connectivity index (χ3v) is 3.24. The van der Waals surface area contributed by atoms with Crippen LogP contribution in [0, 0.1) is 0 Å². The van der Waals surface area contributed by atoms with Crippen LogP contribution in [-0.2, 0) is 4.74 Å². The fourth-order valence-corrected chi connectivity index (χ4v) is 1.98. The third kappa shape index (κ3) is 3.42. The summed E-state index contributed by atoms with van der Waals surface area (Å²) in [6.07, 6.45) is 8.47. The van der Waals surface area contributed by atoms with Crippen molar-refractivity contribution in [2.45, 2.75) is 69.9 Å². The Morgan fingerprint density at radius 3 is 1.94 bits per heavy atom. The van der Waals surface area contributed by atoms with Crippen LogP contribution >= 0.6 is 0 Å². The first kappa shape index (κ1) is 13.9. The predicted octanol–water partition coefficient (Wildman–Crippen LogP) is 1.53. The number of epoxide rings is 1. The summed E-state index contributed by atoms with van der Waals surface area (Å²) in [4.78, 5) is 0. The van der Waals surface area contributed by atoms with Crippen LogP contribution in [0.4, 0.5) is 0 Å². The summed E-state index contributed by atoms with van der Waals surface area (Å²) in [5.41, 5.74) is 0. The van der Waals surface area contributed by atoms with Gasteiger partial charge in [-0.15, -0.1) is 0 Å². The molecule has 0 bridgehead atoms. The molecule has 1 fully saturated rings. The van der Waals surface area contributed by atoms with Crippen molar-refractivity contribution in [3.8, 4) is 0 Å². The molecule has 2 unspecified atom stereocenters. The minimum Gasteiger partial charge on any atom is -0.391 e. The zero-order valence-electron chi connectivity index (χ0n) is 10.1. The highest BCUT2D eigenvalue weighted by molar-refractivity contribution is 4.99. The summed E-state index contributed by atoms with van der Waals surface area (Å²) in [5.74, 6) is -3.19. The van der Waals surface area contributed by atoms with Gasteiger partial charge in [-0.2, -0.15) is 0 Å². The van der Waals surface area contributed by atoms with E-state index in [2.05, 4.69) is 6.92 Å². The Kier molecular flexibility index (Phi) is 5.18. The molecule has 1 rings (SSSR count). The van der Waals surface area contributed by atoms with Crippen LogP contribution in [0.2, 0.25) is 0 Å². The van der Waals surface area contributed by atoms with Gasteiger partial charge in [0, 0.05) is 6.42 Å². The van der Waals surface area contributed by atoms with E-state index in [1.54, 1.807) is 0 Å². The van der Waals surface area contributed by atoms with Crippen molar-refractivity contribution >= 4 is 0 Å². The van der Waals surface area contributed by atoms with Gasteiger partial charge in [0.2, 0.25) is 11.6 Å². The van der Waals surface area contributed by atoms with E-state index in [-0.39, 0.29) is 0 Å². The maximum Gasteiger partial charge on any atom is 0.247 e. The van der Waals surface area contributed by atoms with Gasteiger partial charge in [-0.1, -0.05) is 45.4 Å². The minimum atomic E-state index is -1.70. The molecular weight excluding hydrogens is 208 g/mol. The van der Waals surface area contributed by atoms with Gasteiger partial charge >= 0.3 is 0 Å². The maximum atomic E-state index is 9.66. The molecular formula is C12H24O4. The van der Waals surface area contributed by atoms with Crippen LogP contribution in [0.15, 0.2) is 0 Å². The standard InChI is InChI=1S/C12H24O4/c1-2-3-4-5-6-7-8-9-11(14)12(15,10-13)16-11/h13-15H,2-10H2,1H3. The summed E-state index contributed by atoms with van der Waals surface area (Å²) >= 11 is 0. The Labute approximate surface area is 97.2 Å². The normalized spacial score (nSPS) is 33.0. The van der Waals surface area contributed by atoms with Crippen molar-refractivity contribution in [2.24, 2.45) is 0 Å². The van der Waals surface area contributed by atoms with Gasteiger partial charge in [-0.3, -0.25) is 0 Å². The summed E-state index contributed by atoms with van der Waals surface area (Å²) in [6.45, 7) is 1.65. The van der Waals surface area contributed by atoms with E-state index >= 15 is 0 Å². The maximum absolute atomic E-state index is 9.66. The number of ether oxygens (including phenoxy) is 1. The van der Waals surface area contributed by atoms with Crippen molar-refractivity contribution < 1.29 is 20.1 Å². The van der Waals surface area contributed by atoms with Crippen LogP contribution in [0.5, 0.6) is 0 Å². The third-order valence-electron chi connectivity index (χ3n) is 3.24. The average molecular weight is 232 g/mol. The van der Waals surface area contributed by atoms with Crippen molar-refractivity contribution in [3.63, 3.8) is 0 Å². The first-order valence-electron chi connectivity index (χ1n) is 6.34. The molecule has 0 spiro atoms. The second kappa shape index (κ2) is 5.96. The van der Waals surface area contributed by atoms with Crippen molar-refractivity contribution in [3.05, 3.63) is 0 Å². The van der Waals surface area contributed by atoms with Gasteiger partial charge in [0.1, 0.15) is 6.61 Å². The monoisotopic (exact) mass is 232 g/mol. The lowest BCUT2D eigenvalue weighted by Crippen LogP contribution is -2.29. The molecule has 0 radical (unpaired) electrons. The zero-order chi connectivity index (χ0) is 12.1. The highest BCUT2D eigenvalue weighted by Crippen LogP contribution is 2.46. The van der Waals surface area contributed by atoms with Crippen LogP contribution in [0.25, 0.3) is 0 Å². The van der Waals surface area contributed by atoms with Gasteiger partial charge in [0.05, 0.1) is 0 Å². The van der Waals surface area contributed by atoms with Gasteiger partial charge in [-0.05, 0) is 6.42 Å². The average Bonchev–Trinajstić information content (AvgIpc) is 2.81. The Morgan fingerprint density at radius 1 is 0.875 bits per heavy atom. The smallest absolute Gasteiger partial charge is 0.247 e. The van der Waals surface area contributed by atoms with E-state index in [4.69, 9.17) is 9.84 Å². The highest BCUT2D eigenvalue weighted by atomic mass is 16.8. The molecule has 4 nitrogen and oxygen atoms in total. The van der Waals surface area contributed by atoms with Crippen molar-refractivity contribution in [1.82, 2.24) is 0 Å². The number of aliphatic hydroxyl groups is 3. The quantitative estimate of drug-likeness (QED) is 0.416. The Bertz CT molecular complexity index is 209. The SMILES string of the molecule is CCCCCCCCCC1(O)OC1(O)CO. The second-order valence-electron chi connectivity index (χ2n) is 4.70. The van der Waals surface area contributed by atoms with E-state index in [9.17, 15) is 10.2 Å². The number of aliphatic hydroxyl groups excluding tert-OH is 1. The first-order chi connectivity index (χ1) is 7.58. The Morgan fingerprint density at radius 2 is 1.44 bits per heavy atom. The fraction of sp³-hybridized carbons (Fsp3) is 1.00. The molecule has 1 aliphatic rings. The lowest BCUT2D eigenvalue weighted by atomic mass is 10.0. The van der Waals surface area contributed by atoms with Crippen molar-refractivity contribution in [1.29, 1.82) is 0 Å². The van der Waals surface area contributed by atoms with E-state index in [1.165, 1.54) is 25.7 Å².